The van der Waals surface area contributed by atoms with Crippen LogP contribution in [0.1, 0.15) is 42.3 Å². The minimum atomic E-state index is 0.457. The van der Waals surface area contributed by atoms with Gasteiger partial charge in [-0.25, -0.2) is 0 Å². The minimum Gasteiger partial charge on any atom is -0.310 e. The van der Waals surface area contributed by atoms with Gasteiger partial charge in [0.2, 0.25) is 0 Å². The number of fused-ring (bicyclic) bond motifs is 1. The van der Waals surface area contributed by atoms with Crippen LogP contribution >= 0.6 is 11.3 Å². The van der Waals surface area contributed by atoms with Crippen molar-refractivity contribution in [1.82, 2.24) is 5.32 Å². The van der Waals surface area contributed by atoms with E-state index in [2.05, 4.69) is 49.5 Å². The molecule has 100 valence electrons. The summed E-state index contributed by atoms with van der Waals surface area (Å²) in [4.78, 5) is 2.83. The van der Waals surface area contributed by atoms with Gasteiger partial charge in [-0.15, -0.1) is 11.3 Å². The molecule has 0 aliphatic heterocycles. The summed E-state index contributed by atoms with van der Waals surface area (Å²) in [6.45, 7) is 5.42. The van der Waals surface area contributed by atoms with E-state index in [1.807, 2.05) is 11.3 Å². The Morgan fingerprint density at radius 2 is 2.00 bits per heavy atom. The van der Waals surface area contributed by atoms with E-state index in [1.165, 1.54) is 34.6 Å². The van der Waals surface area contributed by atoms with E-state index in [9.17, 15) is 0 Å². The monoisotopic (exact) mass is 271 g/mol. The molecule has 0 amide bonds. The molecule has 0 fully saturated rings. The standard InChI is InChI=1S/C17H21NS/c1-3-18-12(2)16-9-10-17(19-16)15-8-7-13-5-4-6-14(13)11-15/h7-12,18H,3-6H2,1-2H3. The molecule has 0 spiro atoms. The Hall–Kier alpha value is -1.12. The number of benzene rings is 1. The van der Waals surface area contributed by atoms with E-state index in [1.54, 1.807) is 11.1 Å². The largest absolute Gasteiger partial charge is 0.310 e. The first-order valence-electron chi connectivity index (χ1n) is 7.23. The Kier molecular flexibility index (Phi) is 3.72. The molecule has 0 saturated heterocycles. The summed E-state index contributed by atoms with van der Waals surface area (Å²) in [5.74, 6) is 0. The third kappa shape index (κ3) is 2.60. The molecule has 1 aromatic carbocycles. The van der Waals surface area contributed by atoms with Crippen LogP contribution in [0.25, 0.3) is 10.4 Å². The van der Waals surface area contributed by atoms with E-state index in [-0.39, 0.29) is 0 Å². The molecule has 1 aromatic heterocycles. The summed E-state index contributed by atoms with van der Waals surface area (Å²) >= 11 is 1.92. The molecule has 0 radical (unpaired) electrons. The van der Waals surface area contributed by atoms with E-state index >= 15 is 0 Å². The summed E-state index contributed by atoms with van der Waals surface area (Å²) in [5.41, 5.74) is 4.51. The van der Waals surface area contributed by atoms with E-state index in [0.717, 1.165) is 6.54 Å². The average Bonchev–Trinajstić information content (AvgIpc) is 3.07. The van der Waals surface area contributed by atoms with Gasteiger partial charge in [-0.3, -0.25) is 0 Å². The van der Waals surface area contributed by atoms with Crippen LogP contribution < -0.4 is 5.32 Å². The van der Waals surface area contributed by atoms with Crippen molar-refractivity contribution in [2.45, 2.75) is 39.2 Å². The molecule has 1 unspecified atom stereocenters. The van der Waals surface area contributed by atoms with Crippen molar-refractivity contribution in [3.63, 3.8) is 0 Å². The molecule has 2 heteroatoms. The highest BCUT2D eigenvalue weighted by Gasteiger charge is 2.13. The number of hydrogen-bond donors (Lipinski definition) is 1. The number of nitrogens with one attached hydrogen (secondary N) is 1. The van der Waals surface area contributed by atoms with Gasteiger partial charge >= 0.3 is 0 Å². The van der Waals surface area contributed by atoms with Gasteiger partial charge in [0.25, 0.3) is 0 Å². The first kappa shape index (κ1) is 12.9. The number of rotatable bonds is 4. The van der Waals surface area contributed by atoms with Crippen LogP contribution in [0.5, 0.6) is 0 Å². The summed E-state index contributed by atoms with van der Waals surface area (Å²) in [5, 5.41) is 3.48. The van der Waals surface area contributed by atoms with Gasteiger partial charge in [0.05, 0.1) is 0 Å². The van der Waals surface area contributed by atoms with Crippen LogP contribution in [-0.4, -0.2) is 6.54 Å². The predicted molar refractivity (Wildman–Crippen MR) is 83.9 cm³/mol. The Morgan fingerprint density at radius 3 is 2.84 bits per heavy atom. The highest BCUT2D eigenvalue weighted by molar-refractivity contribution is 7.15. The summed E-state index contributed by atoms with van der Waals surface area (Å²) in [6.07, 6.45) is 3.85. The van der Waals surface area contributed by atoms with Gasteiger partial charge in [-0.2, -0.15) is 0 Å². The van der Waals surface area contributed by atoms with E-state index < -0.39 is 0 Å². The van der Waals surface area contributed by atoms with Crippen LogP contribution in [0.2, 0.25) is 0 Å². The van der Waals surface area contributed by atoms with Gasteiger partial charge < -0.3 is 5.32 Å². The fourth-order valence-corrected chi connectivity index (χ4v) is 3.90. The Balaban J connectivity index is 1.86. The van der Waals surface area contributed by atoms with Crippen molar-refractivity contribution in [3.8, 4) is 10.4 Å². The fourth-order valence-electron chi connectivity index (χ4n) is 2.87. The first-order chi connectivity index (χ1) is 9.28. The van der Waals surface area contributed by atoms with Crippen LogP contribution in [0.15, 0.2) is 30.3 Å². The number of aryl methyl sites for hydroxylation is 2. The SMILES string of the molecule is CCNC(C)c1ccc(-c2ccc3c(c2)CCC3)s1. The van der Waals surface area contributed by atoms with Crippen molar-refractivity contribution in [2.24, 2.45) is 0 Å². The predicted octanol–water partition coefficient (Wildman–Crippen LogP) is 4.57. The Bertz CT molecular complexity index is 570. The third-order valence-electron chi connectivity index (χ3n) is 3.95. The summed E-state index contributed by atoms with van der Waals surface area (Å²) < 4.78 is 0. The second kappa shape index (κ2) is 5.48. The quantitative estimate of drug-likeness (QED) is 0.858. The first-order valence-corrected chi connectivity index (χ1v) is 8.05. The van der Waals surface area contributed by atoms with E-state index in [0.29, 0.717) is 6.04 Å². The molecule has 19 heavy (non-hydrogen) atoms. The molecular formula is C17H21NS. The Labute approximate surface area is 119 Å². The minimum absolute atomic E-state index is 0.457. The summed E-state index contributed by atoms with van der Waals surface area (Å²) in [6, 6.07) is 12.0. The molecule has 3 rings (SSSR count). The maximum Gasteiger partial charge on any atom is 0.0386 e. The normalized spacial score (nSPS) is 15.5. The molecule has 1 aliphatic rings. The van der Waals surface area contributed by atoms with Gasteiger partial charge in [-0.05, 0) is 61.6 Å². The molecule has 1 nitrogen and oxygen atoms in total. The molecular weight excluding hydrogens is 250 g/mol. The number of hydrogen-bond acceptors (Lipinski definition) is 2. The summed E-state index contributed by atoms with van der Waals surface area (Å²) in [7, 11) is 0. The van der Waals surface area contributed by atoms with Crippen molar-refractivity contribution < 1.29 is 0 Å². The zero-order valence-corrected chi connectivity index (χ0v) is 12.5. The lowest BCUT2D eigenvalue weighted by molar-refractivity contribution is 0.607. The highest BCUT2D eigenvalue weighted by Crippen LogP contribution is 2.34. The molecule has 0 saturated carbocycles. The zero-order chi connectivity index (χ0) is 13.2. The van der Waals surface area contributed by atoms with Crippen LogP contribution in [0.3, 0.4) is 0 Å². The molecule has 2 aromatic rings. The van der Waals surface area contributed by atoms with Gasteiger partial charge in [0.1, 0.15) is 0 Å². The van der Waals surface area contributed by atoms with E-state index in [4.69, 9.17) is 0 Å². The average molecular weight is 271 g/mol. The lowest BCUT2D eigenvalue weighted by atomic mass is 10.1. The fraction of sp³-hybridized carbons (Fsp3) is 0.412. The maximum absolute atomic E-state index is 3.48. The third-order valence-corrected chi connectivity index (χ3v) is 5.26. The molecule has 1 heterocycles. The second-order valence-electron chi connectivity index (χ2n) is 5.32. The van der Waals surface area contributed by atoms with Gasteiger partial charge in [-0.1, -0.05) is 25.1 Å². The second-order valence-corrected chi connectivity index (χ2v) is 6.43. The van der Waals surface area contributed by atoms with Gasteiger partial charge in [0.15, 0.2) is 0 Å². The van der Waals surface area contributed by atoms with Crippen molar-refractivity contribution in [1.29, 1.82) is 0 Å². The van der Waals surface area contributed by atoms with Crippen LogP contribution in [0, 0.1) is 0 Å². The molecule has 1 atom stereocenters. The lowest BCUT2D eigenvalue weighted by Crippen LogP contribution is -2.16. The Morgan fingerprint density at radius 1 is 1.16 bits per heavy atom. The highest BCUT2D eigenvalue weighted by atomic mass is 32.1. The topological polar surface area (TPSA) is 12.0 Å². The van der Waals surface area contributed by atoms with Crippen LogP contribution in [0.4, 0.5) is 0 Å². The molecule has 1 N–H and O–H groups in total. The zero-order valence-electron chi connectivity index (χ0n) is 11.7. The van der Waals surface area contributed by atoms with Crippen molar-refractivity contribution >= 4 is 11.3 Å². The lowest BCUT2D eigenvalue weighted by Gasteiger charge is -2.09. The number of thiophene rings is 1. The van der Waals surface area contributed by atoms with Crippen molar-refractivity contribution in [3.05, 3.63) is 46.3 Å². The smallest absolute Gasteiger partial charge is 0.0386 e. The van der Waals surface area contributed by atoms with Gasteiger partial charge in [0, 0.05) is 15.8 Å². The molecule has 1 aliphatic carbocycles. The van der Waals surface area contributed by atoms with Crippen LogP contribution in [-0.2, 0) is 12.8 Å². The van der Waals surface area contributed by atoms with Crippen molar-refractivity contribution in [2.75, 3.05) is 6.54 Å². The molecule has 0 bridgehead atoms. The maximum atomic E-state index is 3.48.